The lowest BCUT2D eigenvalue weighted by Gasteiger charge is -2.32. The van der Waals surface area contributed by atoms with Gasteiger partial charge >= 0.3 is 0 Å². The monoisotopic (exact) mass is 259 g/mol. The standard InChI is InChI=1S/C18H29N/c1-3-4-5-6-7-8-12-17-15(2)14-16-11-9-10-13-18(16)19-17/h9-11,13,15,17,19H,3-8,12,14H2,1-2H3. The lowest BCUT2D eigenvalue weighted by molar-refractivity contribution is 0.422. The summed E-state index contributed by atoms with van der Waals surface area (Å²) < 4.78 is 0. The first kappa shape index (κ1) is 14.4. The molecule has 0 amide bonds. The molecule has 0 aliphatic carbocycles. The van der Waals surface area contributed by atoms with Crippen molar-refractivity contribution in [3.05, 3.63) is 29.8 Å². The number of rotatable bonds is 7. The minimum absolute atomic E-state index is 0.682. The molecule has 19 heavy (non-hydrogen) atoms. The Morgan fingerprint density at radius 1 is 1.05 bits per heavy atom. The van der Waals surface area contributed by atoms with Gasteiger partial charge < -0.3 is 5.32 Å². The quantitative estimate of drug-likeness (QED) is 0.646. The zero-order valence-electron chi connectivity index (χ0n) is 12.6. The molecule has 1 N–H and O–H groups in total. The van der Waals surface area contributed by atoms with Crippen molar-refractivity contribution in [1.82, 2.24) is 0 Å². The van der Waals surface area contributed by atoms with Crippen LogP contribution in [0.3, 0.4) is 0 Å². The van der Waals surface area contributed by atoms with Crippen LogP contribution >= 0.6 is 0 Å². The molecule has 1 aromatic rings. The van der Waals surface area contributed by atoms with Crippen molar-refractivity contribution in [2.45, 2.75) is 71.3 Å². The Hall–Kier alpha value is -0.980. The zero-order chi connectivity index (χ0) is 13.5. The van der Waals surface area contributed by atoms with Gasteiger partial charge in [-0.25, -0.2) is 0 Å². The molecule has 1 aliphatic rings. The predicted octanol–water partition coefficient (Wildman–Crippen LogP) is 5.41. The van der Waals surface area contributed by atoms with E-state index in [9.17, 15) is 0 Å². The van der Waals surface area contributed by atoms with Gasteiger partial charge in [0.05, 0.1) is 0 Å². The van der Waals surface area contributed by atoms with Crippen molar-refractivity contribution in [3.8, 4) is 0 Å². The predicted molar refractivity (Wildman–Crippen MR) is 84.7 cm³/mol. The number of nitrogens with one attached hydrogen (secondary N) is 1. The number of para-hydroxylation sites is 1. The van der Waals surface area contributed by atoms with E-state index >= 15 is 0 Å². The molecule has 0 spiro atoms. The number of anilines is 1. The third-order valence-electron chi connectivity index (χ3n) is 4.46. The summed E-state index contributed by atoms with van der Waals surface area (Å²) >= 11 is 0. The molecule has 106 valence electrons. The van der Waals surface area contributed by atoms with Crippen molar-refractivity contribution in [2.24, 2.45) is 5.92 Å². The van der Waals surface area contributed by atoms with E-state index in [1.165, 1.54) is 62.6 Å². The number of unbranched alkanes of at least 4 members (excludes halogenated alkanes) is 5. The fourth-order valence-corrected chi connectivity index (χ4v) is 3.17. The Morgan fingerprint density at radius 2 is 1.79 bits per heavy atom. The van der Waals surface area contributed by atoms with E-state index in [1.807, 2.05) is 0 Å². The van der Waals surface area contributed by atoms with E-state index in [-0.39, 0.29) is 0 Å². The Bertz CT molecular complexity index is 372. The van der Waals surface area contributed by atoms with E-state index in [4.69, 9.17) is 0 Å². The van der Waals surface area contributed by atoms with Gasteiger partial charge in [0.15, 0.2) is 0 Å². The molecule has 1 aromatic carbocycles. The second kappa shape index (κ2) is 7.57. The van der Waals surface area contributed by atoms with Gasteiger partial charge in [-0.2, -0.15) is 0 Å². The lowest BCUT2D eigenvalue weighted by Crippen LogP contribution is -2.33. The van der Waals surface area contributed by atoms with Crippen molar-refractivity contribution in [3.63, 3.8) is 0 Å². The Kier molecular flexibility index (Phi) is 5.75. The normalized spacial score (nSPS) is 21.8. The van der Waals surface area contributed by atoms with Crippen LogP contribution in [0.5, 0.6) is 0 Å². The topological polar surface area (TPSA) is 12.0 Å². The smallest absolute Gasteiger partial charge is 0.0375 e. The van der Waals surface area contributed by atoms with Crippen molar-refractivity contribution in [2.75, 3.05) is 5.32 Å². The summed E-state index contributed by atoms with van der Waals surface area (Å²) in [5, 5.41) is 3.75. The SMILES string of the molecule is CCCCCCCCC1Nc2ccccc2CC1C. The molecule has 1 heterocycles. The van der Waals surface area contributed by atoms with Gasteiger partial charge in [-0.15, -0.1) is 0 Å². The molecule has 0 bridgehead atoms. The highest BCUT2D eigenvalue weighted by atomic mass is 14.9. The summed E-state index contributed by atoms with van der Waals surface area (Å²) in [5.74, 6) is 0.769. The van der Waals surface area contributed by atoms with E-state index in [1.54, 1.807) is 0 Å². The number of benzene rings is 1. The molecule has 0 saturated carbocycles. The highest BCUT2D eigenvalue weighted by Crippen LogP contribution is 2.30. The maximum atomic E-state index is 3.75. The summed E-state index contributed by atoms with van der Waals surface area (Å²) in [6, 6.07) is 9.47. The summed E-state index contributed by atoms with van der Waals surface area (Å²) in [6.45, 7) is 4.68. The molecule has 0 fully saturated rings. The molecule has 0 saturated heterocycles. The zero-order valence-corrected chi connectivity index (χ0v) is 12.6. The first-order valence-corrected chi connectivity index (χ1v) is 8.15. The van der Waals surface area contributed by atoms with Gasteiger partial charge in [0.25, 0.3) is 0 Å². The van der Waals surface area contributed by atoms with Gasteiger partial charge in [0.2, 0.25) is 0 Å². The second-order valence-corrected chi connectivity index (χ2v) is 6.15. The van der Waals surface area contributed by atoms with Crippen molar-refractivity contribution in [1.29, 1.82) is 0 Å². The maximum Gasteiger partial charge on any atom is 0.0375 e. The first-order chi connectivity index (χ1) is 9.31. The summed E-state index contributed by atoms with van der Waals surface area (Å²) in [6.07, 6.45) is 11.0. The highest BCUT2D eigenvalue weighted by molar-refractivity contribution is 5.54. The van der Waals surface area contributed by atoms with Gasteiger partial charge in [-0.05, 0) is 30.4 Å². The molecule has 2 atom stereocenters. The fourth-order valence-electron chi connectivity index (χ4n) is 3.17. The first-order valence-electron chi connectivity index (χ1n) is 8.15. The molecule has 1 aliphatic heterocycles. The van der Waals surface area contributed by atoms with Crippen LogP contribution in [-0.4, -0.2) is 6.04 Å². The van der Waals surface area contributed by atoms with Crippen LogP contribution in [-0.2, 0) is 6.42 Å². The molecule has 0 radical (unpaired) electrons. The molecule has 2 rings (SSSR count). The summed E-state index contributed by atoms with van der Waals surface area (Å²) in [4.78, 5) is 0. The summed E-state index contributed by atoms with van der Waals surface area (Å²) in [5.41, 5.74) is 2.87. The third-order valence-corrected chi connectivity index (χ3v) is 4.46. The van der Waals surface area contributed by atoms with Crippen LogP contribution in [0.25, 0.3) is 0 Å². The third kappa shape index (κ3) is 4.26. The number of fused-ring (bicyclic) bond motifs is 1. The van der Waals surface area contributed by atoms with Crippen LogP contribution in [0.15, 0.2) is 24.3 Å². The van der Waals surface area contributed by atoms with Crippen molar-refractivity contribution < 1.29 is 0 Å². The van der Waals surface area contributed by atoms with E-state index in [2.05, 4.69) is 43.4 Å². The highest BCUT2D eigenvalue weighted by Gasteiger charge is 2.23. The Morgan fingerprint density at radius 3 is 2.63 bits per heavy atom. The minimum Gasteiger partial charge on any atom is -0.382 e. The van der Waals surface area contributed by atoms with E-state index < -0.39 is 0 Å². The molecule has 2 unspecified atom stereocenters. The molecular weight excluding hydrogens is 230 g/mol. The van der Waals surface area contributed by atoms with Gasteiger partial charge in [-0.3, -0.25) is 0 Å². The largest absolute Gasteiger partial charge is 0.382 e. The van der Waals surface area contributed by atoms with Crippen LogP contribution in [0.2, 0.25) is 0 Å². The van der Waals surface area contributed by atoms with Crippen LogP contribution in [0, 0.1) is 5.92 Å². The minimum atomic E-state index is 0.682. The van der Waals surface area contributed by atoms with Crippen LogP contribution < -0.4 is 5.32 Å². The molecule has 0 aromatic heterocycles. The lowest BCUT2D eigenvalue weighted by atomic mass is 9.86. The molecule has 1 nitrogen and oxygen atoms in total. The number of hydrogen-bond acceptors (Lipinski definition) is 1. The Labute approximate surface area is 118 Å². The molecular formula is C18H29N. The van der Waals surface area contributed by atoms with Crippen LogP contribution in [0.1, 0.15) is 64.4 Å². The average Bonchev–Trinajstić information content (AvgIpc) is 2.43. The fraction of sp³-hybridized carbons (Fsp3) is 0.667. The second-order valence-electron chi connectivity index (χ2n) is 6.15. The van der Waals surface area contributed by atoms with Crippen molar-refractivity contribution >= 4 is 5.69 Å². The van der Waals surface area contributed by atoms with E-state index in [0.29, 0.717) is 6.04 Å². The van der Waals surface area contributed by atoms with Gasteiger partial charge in [0.1, 0.15) is 0 Å². The maximum absolute atomic E-state index is 3.75. The average molecular weight is 259 g/mol. The Balaban J connectivity index is 1.73. The van der Waals surface area contributed by atoms with Gasteiger partial charge in [-0.1, -0.05) is 70.6 Å². The van der Waals surface area contributed by atoms with Crippen LogP contribution in [0.4, 0.5) is 5.69 Å². The number of hydrogen-bond donors (Lipinski definition) is 1. The molecule has 1 heteroatoms. The van der Waals surface area contributed by atoms with Gasteiger partial charge in [0, 0.05) is 11.7 Å². The van der Waals surface area contributed by atoms with E-state index in [0.717, 1.165) is 5.92 Å². The summed E-state index contributed by atoms with van der Waals surface area (Å²) in [7, 11) is 0.